The molecule has 28 heavy (non-hydrogen) atoms. The number of benzene rings is 2. The van der Waals surface area contributed by atoms with Gasteiger partial charge in [0.05, 0.1) is 24.9 Å². The molecule has 0 aliphatic carbocycles. The lowest BCUT2D eigenvalue weighted by Gasteiger charge is -2.12. The first-order valence-corrected chi connectivity index (χ1v) is 9.06. The van der Waals surface area contributed by atoms with E-state index in [1.165, 1.54) is 6.21 Å². The van der Waals surface area contributed by atoms with Gasteiger partial charge < -0.3 is 18.9 Å². The van der Waals surface area contributed by atoms with Crippen molar-refractivity contribution in [1.29, 1.82) is 0 Å². The molecule has 2 aromatic rings. The minimum absolute atomic E-state index is 0.162. The lowest BCUT2D eigenvalue weighted by Crippen LogP contribution is -2.24. The fraction of sp³-hybridized carbons (Fsp3) is 0.200. The highest BCUT2D eigenvalue weighted by Crippen LogP contribution is 2.36. The van der Waals surface area contributed by atoms with Gasteiger partial charge in [0, 0.05) is 0 Å². The van der Waals surface area contributed by atoms with Crippen molar-refractivity contribution in [1.82, 2.24) is 5.43 Å². The van der Waals surface area contributed by atoms with Gasteiger partial charge in [-0.2, -0.15) is 5.10 Å². The summed E-state index contributed by atoms with van der Waals surface area (Å²) in [6.07, 6.45) is 3.14. The van der Waals surface area contributed by atoms with E-state index < -0.39 is 0 Å². The third-order valence-corrected chi connectivity index (χ3v) is 4.02. The predicted molar refractivity (Wildman–Crippen MR) is 111 cm³/mol. The van der Waals surface area contributed by atoms with Gasteiger partial charge in [-0.25, -0.2) is 5.43 Å². The van der Waals surface area contributed by atoms with Gasteiger partial charge in [0.25, 0.3) is 5.91 Å². The first kappa shape index (κ1) is 21.3. The molecule has 1 N–H and O–H groups in total. The largest absolute Gasteiger partial charge is 0.497 e. The second-order valence-electron chi connectivity index (χ2n) is 5.39. The summed E-state index contributed by atoms with van der Waals surface area (Å²) >= 11 is 3.43. The van der Waals surface area contributed by atoms with Crippen LogP contribution in [-0.4, -0.2) is 39.6 Å². The van der Waals surface area contributed by atoms with E-state index in [1.807, 2.05) is 0 Å². The van der Waals surface area contributed by atoms with Gasteiger partial charge in [-0.1, -0.05) is 12.7 Å². The molecule has 8 heteroatoms. The smallest absolute Gasteiger partial charge is 0.277 e. The Kier molecular flexibility index (Phi) is 8.36. The minimum Gasteiger partial charge on any atom is -0.497 e. The van der Waals surface area contributed by atoms with E-state index in [2.05, 4.69) is 33.0 Å². The molecular weight excluding hydrogens is 428 g/mol. The van der Waals surface area contributed by atoms with Crippen LogP contribution in [0.3, 0.4) is 0 Å². The maximum atomic E-state index is 11.9. The van der Waals surface area contributed by atoms with Gasteiger partial charge in [0.15, 0.2) is 18.1 Å². The molecule has 1 amide bonds. The van der Waals surface area contributed by atoms with Gasteiger partial charge in [-0.05, 0) is 57.9 Å². The fourth-order valence-corrected chi connectivity index (χ4v) is 2.70. The first-order chi connectivity index (χ1) is 13.6. The van der Waals surface area contributed by atoms with Crippen LogP contribution in [0.25, 0.3) is 0 Å². The summed E-state index contributed by atoms with van der Waals surface area (Å²) in [5, 5.41) is 3.93. The van der Waals surface area contributed by atoms with E-state index in [0.29, 0.717) is 39.6 Å². The van der Waals surface area contributed by atoms with E-state index in [1.54, 1.807) is 56.7 Å². The van der Waals surface area contributed by atoms with Crippen LogP contribution in [0.1, 0.15) is 5.56 Å². The van der Waals surface area contributed by atoms with Crippen LogP contribution in [-0.2, 0) is 4.79 Å². The zero-order chi connectivity index (χ0) is 20.4. The second-order valence-corrected chi connectivity index (χ2v) is 6.25. The highest BCUT2D eigenvalue weighted by atomic mass is 79.9. The number of methoxy groups -OCH3 is 2. The molecule has 0 saturated heterocycles. The van der Waals surface area contributed by atoms with Crippen molar-refractivity contribution in [2.24, 2.45) is 5.10 Å². The number of nitrogens with zero attached hydrogens (tertiary/aromatic N) is 1. The summed E-state index contributed by atoms with van der Waals surface area (Å²) in [6.45, 7) is 3.81. The molecule has 0 saturated carbocycles. The zero-order valence-corrected chi connectivity index (χ0v) is 17.2. The number of hydrogen-bond acceptors (Lipinski definition) is 6. The molecular formula is C20H21BrN2O5. The van der Waals surface area contributed by atoms with Crippen LogP contribution in [0.4, 0.5) is 0 Å². The standard InChI is InChI=1S/C20H21BrN2O5/c1-4-9-27-20-17(21)10-14(11-18(20)26-3)12-22-23-19(24)13-28-16-7-5-15(25-2)6-8-16/h4-8,10-12H,1,9,13H2,2-3H3,(H,23,24)/b22-12-. The molecule has 7 nitrogen and oxygen atoms in total. The van der Waals surface area contributed by atoms with Gasteiger partial charge in [-0.3, -0.25) is 4.79 Å². The average Bonchev–Trinajstić information content (AvgIpc) is 2.71. The third kappa shape index (κ3) is 6.31. The zero-order valence-electron chi connectivity index (χ0n) is 15.6. The molecule has 0 aromatic heterocycles. The van der Waals surface area contributed by atoms with Crippen LogP contribution in [0.2, 0.25) is 0 Å². The number of hydrazone groups is 1. The molecule has 0 radical (unpaired) electrons. The summed E-state index contributed by atoms with van der Waals surface area (Å²) in [5.41, 5.74) is 3.12. The molecule has 0 heterocycles. The molecule has 2 aromatic carbocycles. The molecule has 0 aliphatic heterocycles. The number of carbonyl (C=O) groups excluding carboxylic acids is 1. The number of nitrogens with one attached hydrogen (secondary N) is 1. The minimum atomic E-state index is -0.385. The number of hydrogen-bond donors (Lipinski definition) is 1. The Morgan fingerprint density at radius 2 is 1.86 bits per heavy atom. The Hall–Kier alpha value is -3.00. The van der Waals surface area contributed by atoms with Crippen molar-refractivity contribution in [3.63, 3.8) is 0 Å². The van der Waals surface area contributed by atoms with Crippen LogP contribution >= 0.6 is 15.9 Å². The van der Waals surface area contributed by atoms with Gasteiger partial charge in [0.1, 0.15) is 18.1 Å². The van der Waals surface area contributed by atoms with Crippen molar-refractivity contribution in [2.75, 3.05) is 27.4 Å². The molecule has 2 rings (SSSR count). The molecule has 0 unspecified atom stereocenters. The Morgan fingerprint density at radius 3 is 2.50 bits per heavy atom. The topological polar surface area (TPSA) is 78.4 Å². The summed E-state index contributed by atoms with van der Waals surface area (Å²) in [5.74, 6) is 1.99. The molecule has 148 valence electrons. The SMILES string of the molecule is C=CCOc1c(Br)cc(/C=N\NC(=O)COc2ccc(OC)cc2)cc1OC. The van der Waals surface area contributed by atoms with Gasteiger partial charge >= 0.3 is 0 Å². The second kappa shape index (κ2) is 11.0. The lowest BCUT2D eigenvalue weighted by molar-refractivity contribution is -0.123. The van der Waals surface area contributed by atoms with Crippen LogP contribution < -0.4 is 24.4 Å². The predicted octanol–water partition coefficient (Wildman–Crippen LogP) is 3.56. The lowest BCUT2D eigenvalue weighted by atomic mass is 10.2. The Labute approximate surface area is 172 Å². The maximum Gasteiger partial charge on any atom is 0.277 e. The highest BCUT2D eigenvalue weighted by Gasteiger charge is 2.10. The van der Waals surface area contributed by atoms with Crippen molar-refractivity contribution < 1.29 is 23.7 Å². The number of rotatable bonds is 10. The van der Waals surface area contributed by atoms with Crippen LogP contribution in [0, 0.1) is 0 Å². The van der Waals surface area contributed by atoms with Crippen molar-refractivity contribution in [3.8, 4) is 23.0 Å². The summed E-state index contributed by atoms with van der Waals surface area (Å²) in [4.78, 5) is 11.9. The van der Waals surface area contributed by atoms with Gasteiger partial charge in [-0.15, -0.1) is 0 Å². The Balaban J connectivity index is 1.91. The van der Waals surface area contributed by atoms with E-state index in [-0.39, 0.29) is 12.5 Å². The van der Waals surface area contributed by atoms with E-state index in [4.69, 9.17) is 18.9 Å². The number of halogens is 1. The van der Waals surface area contributed by atoms with Crippen molar-refractivity contribution in [3.05, 3.63) is 59.1 Å². The molecule has 0 aliphatic rings. The Bertz CT molecular complexity index is 837. The Morgan fingerprint density at radius 1 is 1.14 bits per heavy atom. The van der Waals surface area contributed by atoms with E-state index in [9.17, 15) is 4.79 Å². The first-order valence-electron chi connectivity index (χ1n) is 8.27. The summed E-state index contributed by atoms with van der Waals surface area (Å²) in [6, 6.07) is 10.5. The molecule has 0 atom stereocenters. The molecule has 0 spiro atoms. The number of ether oxygens (including phenoxy) is 4. The van der Waals surface area contributed by atoms with Crippen LogP contribution in [0.15, 0.2) is 58.6 Å². The number of amides is 1. The molecule has 0 bridgehead atoms. The fourth-order valence-electron chi connectivity index (χ4n) is 2.13. The summed E-state index contributed by atoms with van der Waals surface area (Å²) < 4.78 is 22.0. The maximum absolute atomic E-state index is 11.9. The van der Waals surface area contributed by atoms with Crippen molar-refractivity contribution in [2.45, 2.75) is 0 Å². The van der Waals surface area contributed by atoms with E-state index in [0.717, 1.165) is 0 Å². The van der Waals surface area contributed by atoms with Gasteiger partial charge in [0.2, 0.25) is 0 Å². The third-order valence-electron chi connectivity index (χ3n) is 3.43. The quantitative estimate of drug-likeness (QED) is 0.341. The highest BCUT2D eigenvalue weighted by molar-refractivity contribution is 9.10. The van der Waals surface area contributed by atoms with Crippen molar-refractivity contribution >= 4 is 28.1 Å². The average molecular weight is 449 g/mol. The summed E-state index contributed by atoms with van der Waals surface area (Å²) in [7, 11) is 3.12. The van der Waals surface area contributed by atoms with Crippen LogP contribution in [0.5, 0.6) is 23.0 Å². The number of carbonyl (C=O) groups is 1. The van der Waals surface area contributed by atoms with E-state index >= 15 is 0 Å². The monoisotopic (exact) mass is 448 g/mol. The molecule has 0 fully saturated rings. The normalized spacial score (nSPS) is 10.4.